The van der Waals surface area contributed by atoms with Gasteiger partial charge in [-0.1, -0.05) is 32.9 Å². The van der Waals surface area contributed by atoms with E-state index in [0.717, 1.165) is 22.4 Å². The first kappa shape index (κ1) is 29.3. The maximum atomic E-state index is 13.7. The number of aryl methyl sites for hydroxylation is 1. The third-order valence-corrected chi connectivity index (χ3v) is 6.88. The standard InChI is InChI=1S/C31H34N4O6/c1-8-20(5)41-29-26(35(37)38)14-21(15-28(29)40-7)17-32-34-30(33-25-12-10-9-11-22(25)31(34)36)24-16-23(18(2)3)27(39-6)13-19(24)4/h9-18,20H,8H2,1-7H3/t20-/m0/s1. The van der Waals surface area contributed by atoms with Crippen molar-refractivity contribution in [1.29, 1.82) is 0 Å². The minimum Gasteiger partial charge on any atom is -0.496 e. The van der Waals surface area contributed by atoms with Crippen LogP contribution in [0.25, 0.3) is 22.3 Å². The van der Waals surface area contributed by atoms with Gasteiger partial charge < -0.3 is 14.2 Å². The maximum Gasteiger partial charge on any atom is 0.315 e. The van der Waals surface area contributed by atoms with Crippen molar-refractivity contribution in [3.05, 3.63) is 85.7 Å². The highest BCUT2D eigenvalue weighted by Crippen LogP contribution is 2.39. The van der Waals surface area contributed by atoms with Gasteiger partial charge in [0.2, 0.25) is 5.75 Å². The number of nitro groups is 1. The van der Waals surface area contributed by atoms with E-state index in [1.54, 1.807) is 31.4 Å². The molecule has 4 rings (SSSR count). The quantitative estimate of drug-likeness (QED) is 0.124. The van der Waals surface area contributed by atoms with Crippen molar-refractivity contribution in [2.45, 2.75) is 53.1 Å². The first-order chi connectivity index (χ1) is 19.6. The predicted octanol–water partition coefficient (Wildman–Crippen LogP) is 6.48. The Bertz CT molecular complexity index is 1690. The molecule has 41 heavy (non-hydrogen) atoms. The van der Waals surface area contributed by atoms with Crippen LogP contribution >= 0.6 is 0 Å². The Morgan fingerprint density at radius 2 is 1.78 bits per heavy atom. The number of hydrogen-bond acceptors (Lipinski definition) is 8. The highest BCUT2D eigenvalue weighted by Gasteiger charge is 2.24. The largest absolute Gasteiger partial charge is 0.496 e. The molecule has 0 saturated carbocycles. The molecule has 0 fully saturated rings. The maximum absolute atomic E-state index is 13.7. The molecule has 0 radical (unpaired) electrons. The average molecular weight is 559 g/mol. The summed E-state index contributed by atoms with van der Waals surface area (Å²) in [6, 6.07) is 13.9. The molecule has 1 aromatic heterocycles. The fourth-order valence-electron chi connectivity index (χ4n) is 4.47. The predicted molar refractivity (Wildman–Crippen MR) is 160 cm³/mol. The molecule has 0 spiro atoms. The zero-order valence-corrected chi connectivity index (χ0v) is 24.3. The van der Waals surface area contributed by atoms with Gasteiger partial charge in [0, 0.05) is 17.2 Å². The number of para-hydroxylation sites is 1. The van der Waals surface area contributed by atoms with Crippen molar-refractivity contribution in [2.75, 3.05) is 14.2 Å². The smallest absolute Gasteiger partial charge is 0.315 e. The molecule has 0 aliphatic rings. The normalized spacial score (nSPS) is 12.2. The molecular formula is C31H34N4O6. The van der Waals surface area contributed by atoms with E-state index in [1.807, 2.05) is 39.0 Å². The van der Waals surface area contributed by atoms with Crippen molar-refractivity contribution in [3.8, 4) is 28.6 Å². The first-order valence-electron chi connectivity index (χ1n) is 13.4. The van der Waals surface area contributed by atoms with Gasteiger partial charge in [-0.2, -0.15) is 9.78 Å². The van der Waals surface area contributed by atoms with Crippen LogP contribution in [0.2, 0.25) is 0 Å². The summed E-state index contributed by atoms with van der Waals surface area (Å²) in [4.78, 5) is 30.0. The number of nitro benzene ring substituents is 1. The van der Waals surface area contributed by atoms with Gasteiger partial charge in [-0.15, -0.1) is 0 Å². The summed E-state index contributed by atoms with van der Waals surface area (Å²) in [5.74, 6) is 1.48. The van der Waals surface area contributed by atoms with Gasteiger partial charge in [-0.3, -0.25) is 14.9 Å². The average Bonchev–Trinajstić information content (AvgIpc) is 2.96. The van der Waals surface area contributed by atoms with Gasteiger partial charge in [-0.05, 0) is 67.6 Å². The Morgan fingerprint density at radius 3 is 2.41 bits per heavy atom. The lowest BCUT2D eigenvalue weighted by atomic mass is 9.96. The van der Waals surface area contributed by atoms with Gasteiger partial charge in [0.25, 0.3) is 5.56 Å². The van der Waals surface area contributed by atoms with Crippen LogP contribution in [0.1, 0.15) is 56.7 Å². The highest BCUT2D eigenvalue weighted by molar-refractivity contribution is 5.84. The number of fused-ring (bicyclic) bond motifs is 1. The van der Waals surface area contributed by atoms with Crippen molar-refractivity contribution in [2.24, 2.45) is 5.10 Å². The van der Waals surface area contributed by atoms with Crippen molar-refractivity contribution in [3.63, 3.8) is 0 Å². The van der Waals surface area contributed by atoms with Crippen LogP contribution in [-0.2, 0) is 0 Å². The SMILES string of the molecule is CC[C@H](C)Oc1c(OC)cc(C=Nn2c(-c3cc(C(C)C)c(OC)cc3C)nc3ccccc3c2=O)cc1[N+](=O)[O-]. The number of methoxy groups -OCH3 is 2. The van der Waals surface area contributed by atoms with Crippen LogP contribution in [0.4, 0.5) is 5.69 Å². The van der Waals surface area contributed by atoms with E-state index < -0.39 is 4.92 Å². The molecule has 1 atom stereocenters. The Balaban J connectivity index is 1.95. The van der Waals surface area contributed by atoms with Crippen LogP contribution in [0.5, 0.6) is 17.2 Å². The second-order valence-electron chi connectivity index (χ2n) is 10.0. The molecule has 10 nitrogen and oxygen atoms in total. The fraction of sp³-hybridized carbons (Fsp3) is 0.323. The van der Waals surface area contributed by atoms with Crippen LogP contribution in [0, 0.1) is 17.0 Å². The summed E-state index contributed by atoms with van der Waals surface area (Å²) < 4.78 is 18.1. The lowest BCUT2D eigenvalue weighted by Crippen LogP contribution is -2.21. The van der Waals surface area contributed by atoms with Gasteiger partial charge in [-0.25, -0.2) is 4.98 Å². The van der Waals surface area contributed by atoms with E-state index in [9.17, 15) is 14.9 Å². The first-order valence-corrected chi connectivity index (χ1v) is 13.4. The minimum atomic E-state index is -0.527. The molecule has 0 bridgehead atoms. The van der Waals surface area contributed by atoms with Crippen molar-refractivity contribution < 1.29 is 19.1 Å². The molecule has 10 heteroatoms. The Hall–Kier alpha value is -4.73. The molecule has 0 unspecified atom stereocenters. The number of hydrogen-bond donors (Lipinski definition) is 0. The summed E-state index contributed by atoms with van der Waals surface area (Å²) in [5, 5.41) is 16.9. The van der Waals surface area contributed by atoms with Gasteiger partial charge in [0.05, 0.1) is 42.4 Å². The molecule has 0 amide bonds. The highest BCUT2D eigenvalue weighted by atomic mass is 16.6. The molecule has 1 heterocycles. The monoisotopic (exact) mass is 558 g/mol. The lowest BCUT2D eigenvalue weighted by molar-refractivity contribution is -0.386. The number of aromatic nitrogens is 2. The third kappa shape index (κ3) is 5.91. The number of rotatable bonds is 10. The topological polar surface area (TPSA) is 118 Å². The molecule has 214 valence electrons. The van der Waals surface area contributed by atoms with Crippen molar-refractivity contribution in [1.82, 2.24) is 9.66 Å². The second-order valence-corrected chi connectivity index (χ2v) is 10.0. The fourth-order valence-corrected chi connectivity index (χ4v) is 4.47. The van der Waals surface area contributed by atoms with Gasteiger partial charge >= 0.3 is 5.69 Å². The zero-order valence-electron chi connectivity index (χ0n) is 24.3. The van der Waals surface area contributed by atoms with Crippen LogP contribution in [0.15, 0.2) is 58.4 Å². The summed E-state index contributed by atoms with van der Waals surface area (Å²) in [7, 11) is 3.04. The minimum absolute atomic E-state index is 0.0456. The molecule has 3 aromatic carbocycles. The molecule has 0 N–H and O–H groups in total. The summed E-state index contributed by atoms with van der Waals surface area (Å²) >= 11 is 0. The van der Waals surface area contributed by atoms with Crippen molar-refractivity contribution >= 4 is 22.8 Å². The Kier molecular flexibility index (Phi) is 8.71. The molecule has 4 aromatic rings. The van der Waals surface area contributed by atoms with E-state index in [4.69, 9.17) is 19.2 Å². The van der Waals surface area contributed by atoms with Crippen LogP contribution in [0.3, 0.4) is 0 Å². The van der Waals surface area contributed by atoms with Crippen LogP contribution < -0.4 is 19.8 Å². The van der Waals surface area contributed by atoms with Gasteiger partial charge in [0.1, 0.15) is 5.75 Å². The van der Waals surface area contributed by atoms with Gasteiger partial charge in [0.15, 0.2) is 11.6 Å². The Morgan fingerprint density at radius 1 is 1.07 bits per heavy atom. The van der Waals surface area contributed by atoms with Crippen LogP contribution in [-0.4, -0.2) is 41.1 Å². The number of nitrogens with zero attached hydrogens (tertiary/aromatic N) is 4. The van der Waals surface area contributed by atoms with E-state index in [1.165, 1.54) is 24.1 Å². The van der Waals surface area contributed by atoms with E-state index in [2.05, 4.69) is 18.9 Å². The zero-order chi connectivity index (χ0) is 29.8. The summed E-state index contributed by atoms with van der Waals surface area (Å²) in [6.07, 6.45) is 1.79. The summed E-state index contributed by atoms with van der Waals surface area (Å²) in [5.41, 5.74) is 2.78. The number of benzene rings is 3. The van der Waals surface area contributed by atoms with E-state index in [-0.39, 0.29) is 34.8 Å². The molecule has 0 aliphatic carbocycles. The second kappa shape index (κ2) is 12.2. The molecular weight excluding hydrogens is 524 g/mol. The lowest BCUT2D eigenvalue weighted by Gasteiger charge is -2.17. The van der Waals surface area contributed by atoms with E-state index >= 15 is 0 Å². The third-order valence-electron chi connectivity index (χ3n) is 6.88. The Labute approximate surface area is 238 Å². The number of ether oxygens (including phenoxy) is 3. The summed E-state index contributed by atoms with van der Waals surface area (Å²) in [6.45, 7) is 9.79. The molecule has 0 aliphatic heterocycles. The molecule has 0 saturated heterocycles. The van der Waals surface area contributed by atoms with E-state index in [0.29, 0.717) is 28.7 Å².